The van der Waals surface area contributed by atoms with Crippen molar-refractivity contribution >= 4 is 5.91 Å². The van der Waals surface area contributed by atoms with Gasteiger partial charge in [0.1, 0.15) is 5.69 Å². The molecule has 8 nitrogen and oxygen atoms in total. The van der Waals surface area contributed by atoms with Crippen LogP contribution in [0.3, 0.4) is 0 Å². The van der Waals surface area contributed by atoms with Gasteiger partial charge in [0.25, 0.3) is 11.8 Å². The Bertz CT molecular complexity index is 1200. The molecule has 0 saturated heterocycles. The summed E-state index contributed by atoms with van der Waals surface area (Å²) in [6, 6.07) is 15.0. The van der Waals surface area contributed by atoms with E-state index in [0.29, 0.717) is 35.5 Å². The van der Waals surface area contributed by atoms with E-state index in [-0.39, 0.29) is 5.91 Å². The van der Waals surface area contributed by atoms with E-state index >= 15 is 0 Å². The van der Waals surface area contributed by atoms with Crippen LogP contribution < -0.4 is 5.32 Å². The molecule has 0 saturated carbocycles. The van der Waals surface area contributed by atoms with Gasteiger partial charge in [0.15, 0.2) is 0 Å². The van der Waals surface area contributed by atoms with Crippen molar-refractivity contribution in [3.63, 3.8) is 0 Å². The first-order valence-electron chi connectivity index (χ1n) is 10.7. The van der Waals surface area contributed by atoms with Crippen LogP contribution >= 0.6 is 0 Å². The maximum atomic E-state index is 12.7. The predicted molar refractivity (Wildman–Crippen MR) is 120 cm³/mol. The average molecular weight is 431 g/mol. The van der Waals surface area contributed by atoms with Crippen molar-refractivity contribution < 1.29 is 9.21 Å². The molecule has 4 rings (SSSR count). The number of carbonyl (C=O) groups is 1. The average Bonchev–Trinajstić information content (AvgIpc) is 3.43. The molecule has 0 radical (unpaired) electrons. The fourth-order valence-corrected chi connectivity index (χ4v) is 3.32. The second-order valence-corrected chi connectivity index (χ2v) is 8.05. The van der Waals surface area contributed by atoms with Crippen LogP contribution in [-0.4, -0.2) is 30.9 Å². The van der Waals surface area contributed by atoms with E-state index in [1.165, 1.54) is 0 Å². The molecule has 1 aromatic carbocycles. The van der Waals surface area contributed by atoms with Crippen LogP contribution in [0.2, 0.25) is 0 Å². The highest BCUT2D eigenvalue weighted by Gasteiger charge is 2.17. The Morgan fingerprint density at radius 2 is 2.00 bits per heavy atom. The Hall–Kier alpha value is -3.81. The summed E-state index contributed by atoms with van der Waals surface area (Å²) in [5.74, 6) is 1.26. The minimum Gasteiger partial charge on any atom is -0.420 e. The van der Waals surface area contributed by atoms with Crippen molar-refractivity contribution in [3.05, 3.63) is 77.6 Å². The molecule has 3 aromatic heterocycles. The van der Waals surface area contributed by atoms with E-state index in [9.17, 15) is 4.79 Å². The number of nitrogens with one attached hydrogen (secondary N) is 1. The van der Waals surface area contributed by atoms with E-state index in [4.69, 9.17) is 9.52 Å². The van der Waals surface area contributed by atoms with Gasteiger partial charge in [-0.2, -0.15) is 5.10 Å². The molecule has 1 N–H and O–H groups in total. The topological polar surface area (TPSA) is 98.7 Å². The maximum Gasteiger partial charge on any atom is 0.268 e. The van der Waals surface area contributed by atoms with E-state index in [1.54, 1.807) is 19.2 Å². The van der Waals surface area contributed by atoms with Gasteiger partial charge in [-0.15, -0.1) is 10.2 Å². The highest BCUT2D eigenvalue weighted by atomic mass is 16.4. The zero-order valence-electron chi connectivity index (χ0n) is 18.4. The summed E-state index contributed by atoms with van der Waals surface area (Å²) >= 11 is 0. The first-order chi connectivity index (χ1) is 15.5. The largest absolute Gasteiger partial charge is 0.420 e. The number of nitrogens with zero attached hydrogens (tertiary/aromatic N) is 5. The minimum atomic E-state index is -0.166. The lowest BCUT2D eigenvalue weighted by molar-refractivity contribution is 0.0950. The molecule has 4 aromatic rings. The minimum absolute atomic E-state index is 0.166. The molecule has 0 unspecified atom stereocenters. The third kappa shape index (κ3) is 5.08. The van der Waals surface area contributed by atoms with Gasteiger partial charge >= 0.3 is 0 Å². The van der Waals surface area contributed by atoms with Crippen LogP contribution in [0.15, 0.2) is 59.1 Å². The third-order valence-corrected chi connectivity index (χ3v) is 5.02. The van der Waals surface area contributed by atoms with Crippen molar-refractivity contribution in [2.24, 2.45) is 5.92 Å². The molecule has 1 amide bonds. The van der Waals surface area contributed by atoms with E-state index in [1.807, 2.05) is 47.1 Å². The number of amides is 1. The highest BCUT2D eigenvalue weighted by molar-refractivity contribution is 5.94. The van der Waals surface area contributed by atoms with Crippen molar-refractivity contribution in [3.8, 4) is 17.3 Å². The standard InChI is InChI=1S/C24H26N6O2/c1-16(2)10-11-21-14-22(24-28-27-17(3)32-24)29-30(21)20-9-6-7-18(13-20)23(31)26-15-19-8-4-5-12-25-19/h4-9,12-14,16H,10-11,15H2,1-3H3,(H,26,31). The number of rotatable bonds is 8. The smallest absolute Gasteiger partial charge is 0.268 e. The molecular weight excluding hydrogens is 404 g/mol. The number of aromatic nitrogens is 5. The SMILES string of the molecule is Cc1nnc(-c2cc(CCC(C)C)n(-c3cccc(C(=O)NCc4ccccn4)c3)n2)o1. The van der Waals surface area contributed by atoms with Crippen molar-refractivity contribution in [2.45, 2.75) is 40.2 Å². The summed E-state index contributed by atoms with van der Waals surface area (Å²) in [5, 5.41) is 15.6. The summed E-state index contributed by atoms with van der Waals surface area (Å²) in [7, 11) is 0. The Morgan fingerprint density at radius 3 is 2.72 bits per heavy atom. The van der Waals surface area contributed by atoms with Crippen molar-refractivity contribution in [1.82, 2.24) is 30.3 Å². The summed E-state index contributed by atoms with van der Waals surface area (Å²) in [5.41, 5.74) is 3.81. The molecular formula is C24H26N6O2. The van der Waals surface area contributed by atoms with Crippen molar-refractivity contribution in [2.75, 3.05) is 0 Å². The third-order valence-electron chi connectivity index (χ3n) is 5.02. The normalized spacial score (nSPS) is 11.1. The van der Waals surface area contributed by atoms with Crippen LogP contribution in [0.25, 0.3) is 17.3 Å². The molecule has 8 heteroatoms. The fourth-order valence-electron chi connectivity index (χ4n) is 3.32. The molecule has 0 fully saturated rings. The number of carbonyl (C=O) groups excluding carboxylic acids is 1. The lowest BCUT2D eigenvalue weighted by atomic mass is 10.1. The quantitative estimate of drug-likeness (QED) is 0.451. The fraction of sp³-hybridized carbons (Fsp3) is 0.292. The molecule has 0 aliphatic carbocycles. The lowest BCUT2D eigenvalue weighted by Crippen LogP contribution is -2.23. The monoisotopic (exact) mass is 430 g/mol. The van der Waals surface area contributed by atoms with Crippen LogP contribution in [0.5, 0.6) is 0 Å². The first kappa shape index (κ1) is 21.4. The molecule has 164 valence electrons. The van der Waals surface area contributed by atoms with E-state index in [2.05, 4.69) is 34.3 Å². The van der Waals surface area contributed by atoms with E-state index < -0.39 is 0 Å². The molecule has 0 atom stereocenters. The number of pyridine rings is 1. The van der Waals surface area contributed by atoms with Gasteiger partial charge in [0.05, 0.1) is 17.9 Å². The summed E-state index contributed by atoms with van der Waals surface area (Å²) in [6.07, 6.45) is 3.56. The molecule has 0 aliphatic heterocycles. The van der Waals surface area contributed by atoms with Gasteiger partial charge in [0.2, 0.25) is 5.89 Å². The maximum absolute atomic E-state index is 12.7. The predicted octanol–water partition coefficient (Wildman–Crippen LogP) is 4.14. The highest BCUT2D eigenvalue weighted by Crippen LogP contribution is 2.23. The van der Waals surface area contributed by atoms with Gasteiger partial charge < -0.3 is 9.73 Å². The van der Waals surface area contributed by atoms with Gasteiger partial charge in [-0.3, -0.25) is 9.78 Å². The molecule has 0 aliphatic rings. The molecule has 3 heterocycles. The van der Waals surface area contributed by atoms with Crippen molar-refractivity contribution in [1.29, 1.82) is 0 Å². The van der Waals surface area contributed by atoms with Gasteiger partial charge in [-0.25, -0.2) is 4.68 Å². The Morgan fingerprint density at radius 1 is 1.12 bits per heavy atom. The lowest BCUT2D eigenvalue weighted by Gasteiger charge is -2.11. The van der Waals surface area contributed by atoms with Crippen LogP contribution in [0.1, 0.15) is 47.9 Å². The second-order valence-electron chi connectivity index (χ2n) is 8.05. The zero-order chi connectivity index (χ0) is 22.5. The Labute approximate surface area is 186 Å². The number of hydrogen-bond acceptors (Lipinski definition) is 6. The van der Waals surface area contributed by atoms with Gasteiger partial charge in [0, 0.05) is 24.4 Å². The number of hydrogen-bond donors (Lipinski definition) is 1. The zero-order valence-corrected chi connectivity index (χ0v) is 18.4. The van der Waals surface area contributed by atoms with Crippen LogP contribution in [-0.2, 0) is 13.0 Å². The first-order valence-corrected chi connectivity index (χ1v) is 10.7. The number of aryl methyl sites for hydroxylation is 2. The molecule has 0 bridgehead atoms. The van der Waals surface area contributed by atoms with Gasteiger partial charge in [-0.05, 0) is 55.2 Å². The van der Waals surface area contributed by atoms with Crippen LogP contribution in [0, 0.1) is 12.8 Å². The van der Waals surface area contributed by atoms with E-state index in [0.717, 1.165) is 29.9 Å². The molecule has 32 heavy (non-hydrogen) atoms. The van der Waals surface area contributed by atoms with Crippen LogP contribution in [0.4, 0.5) is 0 Å². The number of benzene rings is 1. The summed E-state index contributed by atoms with van der Waals surface area (Å²) < 4.78 is 7.42. The summed E-state index contributed by atoms with van der Waals surface area (Å²) in [4.78, 5) is 17.0. The molecule has 0 spiro atoms. The summed E-state index contributed by atoms with van der Waals surface area (Å²) in [6.45, 7) is 6.50. The van der Waals surface area contributed by atoms with Gasteiger partial charge in [-0.1, -0.05) is 26.0 Å². The Balaban J connectivity index is 1.60. The second kappa shape index (κ2) is 9.55. The Kier molecular flexibility index (Phi) is 6.39.